The molecule has 1 aromatic carbocycles. The molecule has 5 heteroatoms. The molecule has 0 aliphatic rings. The number of rotatable bonds is 1. The van der Waals surface area contributed by atoms with Crippen LogP contribution in [0.5, 0.6) is 0 Å². The minimum atomic E-state index is -0.402. The van der Waals surface area contributed by atoms with Gasteiger partial charge in [-0.15, -0.1) is 0 Å². The van der Waals surface area contributed by atoms with Crippen molar-refractivity contribution in [2.75, 3.05) is 0 Å². The van der Waals surface area contributed by atoms with Crippen LogP contribution in [0, 0.1) is 10.5 Å². The number of benzene rings is 1. The molecule has 0 aliphatic heterocycles. The number of hydrogen-bond donors (Lipinski definition) is 1. The fourth-order valence-electron chi connectivity index (χ4n) is 1.19. The molecular formula is C10H6ClFN2S. The first kappa shape index (κ1) is 10.3. The summed E-state index contributed by atoms with van der Waals surface area (Å²) in [5, 5.41) is 6.89. The fourth-order valence-corrected chi connectivity index (χ4v) is 1.46. The lowest BCUT2D eigenvalue weighted by Crippen LogP contribution is -1.90. The normalized spacial score (nSPS) is 10.3. The number of nitrogens with one attached hydrogen (secondary N) is 1. The van der Waals surface area contributed by atoms with E-state index in [1.165, 1.54) is 6.07 Å². The van der Waals surface area contributed by atoms with E-state index in [9.17, 15) is 4.39 Å². The molecule has 0 aliphatic carbocycles. The summed E-state index contributed by atoms with van der Waals surface area (Å²) in [6, 6.07) is 7.76. The molecule has 0 saturated carbocycles. The van der Waals surface area contributed by atoms with Crippen molar-refractivity contribution in [3.8, 4) is 11.3 Å². The molecule has 0 spiro atoms. The smallest absolute Gasteiger partial charge is 0.134 e. The molecule has 0 fully saturated rings. The first-order valence-corrected chi connectivity index (χ1v) is 4.96. The van der Waals surface area contributed by atoms with Crippen LogP contribution < -0.4 is 0 Å². The van der Waals surface area contributed by atoms with Crippen molar-refractivity contribution in [3.63, 3.8) is 0 Å². The maximum Gasteiger partial charge on any atom is 0.134 e. The minimum absolute atomic E-state index is 0.361. The summed E-state index contributed by atoms with van der Waals surface area (Å²) in [6.45, 7) is 0. The SMILES string of the molecule is Fc1cc(Cl)ccc1-c1ccc(=S)[nH]n1. The second-order valence-corrected chi connectivity index (χ2v) is 3.81. The topological polar surface area (TPSA) is 28.7 Å². The molecule has 2 rings (SSSR count). The monoisotopic (exact) mass is 240 g/mol. The van der Waals surface area contributed by atoms with Crippen LogP contribution in [0.15, 0.2) is 30.3 Å². The Morgan fingerprint density at radius 3 is 2.67 bits per heavy atom. The summed E-state index contributed by atoms with van der Waals surface area (Å²) in [6.07, 6.45) is 0. The van der Waals surface area contributed by atoms with E-state index in [1.807, 2.05) is 0 Å². The first-order valence-electron chi connectivity index (χ1n) is 4.18. The molecule has 0 amide bonds. The van der Waals surface area contributed by atoms with E-state index < -0.39 is 5.82 Å². The highest BCUT2D eigenvalue weighted by molar-refractivity contribution is 7.71. The highest BCUT2D eigenvalue weighted by Crippen LogP contribution is 2.22. The Labute approximate surface area is 95.7 Å². The number of H-pyrrole nitrogens is 1. The zero-order valence-electron chi connectivity index (χ0n) is 7.50. The zero-order valence-corrected chi connectivity index (χ0v) is 9.07. The Morgan fingerprint density at radius 1 is 1.27 bits per heavy atom. The average molecular weight is 241 g/mol. The Balaban J connectivity index is 2.54. The maximum absolute atomic E-state index is 13.5. The van der Waals surface area contributed by atoms with Gasteiger partial charge in [0, 0.05) is 10.6 Å². The second-order valence-electron chi connectivity index (χ2n) is 2.93. The van der Waals surface area contributed by atoms with E-state index in [0.29, 0.717) is 20.9 Å². The summed E-state index contributed by atoms with van der Waals surface area (Å²) < 4.78 is 14.0. The number of aromatic amines is 1. The minimum Gasteiger partial charge on any atom is -0.267 e. The summed E-state index contributed by atoms with van der Waals surface area (Å²) >= 11 is 10.5. The lowest BCUT2D eigenvalue weighted by atomic mass is 10.1. The number of halogens is 2. The van der Waals surface area contributed by atoms with Gasteiger partial charge < -0.3 is 0 Å². The quantitative estimate of drug-likeness (QED) is 0.772. The van der Waals surface area contributed by atoms with Crippen molar-refractivity contribution in [1.29, 1.82) is 0 Å². The Morgan fingerprint density at radius 2 is 2.07 bits per heavy atom. The molecule has 0 unspecified atom stereocenters. The standard InChI is InChI=1S/C10H6ClFN2S/c11-6-1-2-7(8(12)5-6)9-3-4-10(15)14-13-9/h1-5H,(H,14,15). The van der Waals surface area contributed by atoms with Crippen LogP contribution in [0.2, 0.25) is 5.02 Å². The first-order chi connectivity index (χ1) is 7.16. The van der Waals surface area contributed by atoms with Crippen LogP contribution in [0.4, 0.5) is 4.39 Å². The molecule has 2 nitrogen and oxygen atoms in total. The average Bonchev–Trinajstić information content (AvgIpc) is 2.20. The van der Waals surface area contributed by atoms with Gasteiger partial charge in [0.2, 0.25) is 0 Å². The van der Waals surface area contributed by atoms with Gasteiger partial charge in [0.25, 0.3) is 0 Å². The highest BCUT2D eigenvalue weighted by atomic mass is 35.5. The third-order valence-corrected chi connectivity index (χ3v) is 2.35. The summed E-state index contributed by atoms with van der Waals surface area (Å²) in [7, 11) is 0. The van der Waals surface area contributed by atoms with Crippen LogP contribution in [-0.2, 0) is 0 Å². The van der Waals surface area contributed by atoms with Gasteiger partial charge in [-0.3, -0.25) is 5.10 Å². The van der Waals surface area contributed by atoms with Crippen LogP contribution in [0.1, 0.15) is 0 Å². The van der Waals surface area contributed by atoms with E-state index in [0.717, 1.165) is 0 Å². The van der Waals surface area contributed by atoms with E-state index in [2.05, 4.69) is 10.2 Å². The second kappa shape index (κ2) is 4.08. The van der Waals surface area contributed by atoms with Crippen LogP contribution in [0.3, 0.4) is 0 Å². The van der Waals surface area contributed by atoms with Crippen LogP contribution >= 0.6 is 23.8 Å². The van der Waals surface area contributed by atoms with Crippen LogP contribution in [-0.4, -0.2) is 10.2 Å². The largest absolute Gasteiger partial charge is 0.267 e. The van der Waals surface area contributed by atoms with Crippen molar-refractivity contribution in [3.05, 3.63) is 45.8 Å². The third kappa shape index (κ3) is 2.22. The molecule has 2 aromatic rings. The molecule has 1 aromatic heterocycles. The number of nitrogens with zero attached hydrogens (tertiary/aromatic N) is 1. The van der Waals surface area contributed by atoms with Crippen LogP contribution in [0.25, 0.3) is 11.3 Å². The van der Waals surface area contributed by atoms with Gasteiger partial charge >= 0.3 is 0 Å². The molecule has 0 radical (unpaired) electrons. The summed E-state index contributed by atoms with van der Waals surface area (Å²) in [5.41, 5.74) is 0.892. The van der Waals surface area contributed by atoms with Crippen molar-refractivity contribution < 1.29 is 4.39 Å². The molecule has 0 bridgehead atoms. The fraction of sp³-hybridized carbons (Fsp3) is 0. The van der Waals surface area contributed by atoms with Gasteiger partial charge in [-0.25, -0.2) is 4.39 Å². The van der Waals surface area contributed by atoms with E-state index in [4.69, 9.17) is 23.8 Å². The molecule has 76 valence electrons. The van der Waals surface area contributed by atoms with Gasteiger partial charge in [-0.1, -0.05) is 23.8 Å². The number of aromatic nitrogens is 2. The van der Waals surface area contributed by atoms with Crippen molar-refractivity contribution in [2.45, 2.75) is 0 Å². The molecular weight excluding hydrogens is 235 g/mol. The van der Waals surface area contributed by atoms with Gasteiger partial charge in [0.15, 0.2) is 0 Å². The van der Waals surface area contributed by atoms with Crippen molar-refractivity contribution in [1.82, 2.24) is 10.2 Å². The molecule has 0 saturated heterocycles. The molecule has 1 N–H and O–H groups in total. The summed E-state index contributed by atoms with van der Waals surface area (Å²) in [5.74, 6) is -0.402. The Hall–Kier alpha value is -1.26. The number of hydrogen-bond acceptors (Lipinski definition) is 2. The lowest BCUT2D eigenvalue weighted by molar-refractivity contribution is 0.630. The Kier molecular flexibility index (Phi) is 2.79. The van der Waals surface area contributed by atoms with E-state index in [1.54, 1.807) is 24.3 Å². The predicted octanol–water partition coefficient (Wildman–Crippen LogP) is 3.60. The van der Waals surface area contributed by atoms with E-state index >= 15 is 0 Å². The summed E-state index contributed by atoms with van der Waals surface area (Å²) in [4.78, 5) is 0. The Bertz CT molecular complexity index is 533. The van der Waals surface area contributed by atoms with E-state index in [-0.39, 0.29) is 0 Å². The predicted molar refractivity (Wildman–Crippen MR) is 59.8 cm³/mol. The lowest BCUT2D eigenvalue weighted by Gasteiger charge is -2.01. The van der Waals surface area contributed by atoms with Crippen molar-refractivity contribution >= 4 is 23.8 Å². The van der Waals surface area contributed by atoms with Gasteiger partial charge in [-0.2, -0.15) is 5.10 Å². The molecule has 1 heterocycles. The maximum atomic E-state index is 13.5. The van der Waals surface area contributed by atoms with Gasteiger partial charge in [0.05, 0.1) is 5.69 Å². The van der Waals surface area contributed by atoms with Gasteiger partial charge in [0.1, 0.15) is 10.5 Å². The zero-order chi connectivity index (χ0) is 10.8. The highest BCUT2D eigenvalue weighted by Gasteiger charge is 2.06. The third-order valence-electron chi connectivity index (χ3n) is 1.89. The molecule has 15 heavy (non-hydrogen) atoms. The molecule has 0 atom stereocenters. The van der Waals surface area contributed by atoms with Crippen molar-refractivity contribution in [2.24, 2.45) is 0 Å². The van der Waals surface area contributed by atoms with Gasteiger partial charge in [-0.05, 0) is 30.3 Å².